The minimum absolute atomic E-state index is 0.750. The maximum absolute atomic E-state index is 5.88. The monoisotopic (exact) mass is 222 g/mol. The Kier molecular flexibility index (Phi) is 2.26. The highest BCUT2D eigenvalue weighted by atomic mass is 32.1. The molecule has 80 valence electrons. The minimum atomic E-state index is 0.750. The van der Waals surface area contributed by atoms with Gasteiger partial charge in [0.25, 0.3) is 0 Å². The first kappa shape index (κ1) is 10.2. The van der Waals surface area contributed by atoms with Crippen LogP contribution in [0, 0.1) is 27.7 Å². The molecule has 2 heterocycles. The molecule has 15 heavy (non-hydrogen) atoms. The summed E-state index contributed by atoms with van der Waals surface area (Å²) in [4.78, 5) is 5.68. The zero-order chi connectivity index (χ0) is 11.2. The Morgan fingerprint density at radius 1 is 1.13 bits per heavy atom. The molecular weight excluding hydrogens is 208 g/mol. The third kappa shape index (κ3) is 1.52. The number of hydrogen-bond acceptors (Lipinski definition) is 4. The number of anilines is 1. The fourth-order valence-corrected chi connectivity index (χ4v) is 2.30. The van der Waals surface area contributed by atoms with E-state index in [1.165, 1.54) is 4.88 Å². The van der Waals surface area contributed by atoms with Gasteiger partial charge >= 0.3 is 0 Å². The molecule has 0 bridgehead atoms. The van der Waals surface area contributed by atoms with Crippen molar-refractivity contribution in [3.63, 3.8) is 0 Å². The summed E-state index contributed by atoms with van der Waals surface area (Å²) in [7, 11) is 0. The molecule has 0 spiro atoms. The van der Waals surface area contributed by atoms with Crippen molar-refractivity contribution in [1.82, 2.24) is 14.8 Å². The summed E-state index contributed by atoms with van der Waals surface area (Å²) >= 11 is 1.64. The second-order valence-electron chi connectivity index (χ2n) is 3.63. The van der Waals surface area contributed by atoms with Gasteiger partial charge in [0.2, 0.25) is 5.13 Å². The van der Waals surface area contributed by atoms with Crippen LogP contribution in [-0.2, 0) is 0 Å². The number of nitrogen functional groups attached to an aromatic ring is 1. The lowest BCUT2D eigenvalue weighted by Crippen LogP contribution is -1.98. The number of rotatable bonds is 1. The molecule has 0 unspecified atom stereocenters. The van der Waals surface area contributed by atoms with E-state index >= 15 is 0 Å². The summed E-state index contributed by atoms with van der Waals surface area (Å²) < 4.78 is 1.81. The molecule has 2 N–H and O–H groups in total. The third-order valence-corrected chi connectivity index (χ3v) is 3.59. The molecule has 4 nitrogen and oxygen atoms in total. The molecule has 0 saturated carbocycles. The predicted molar refractivity (Wildman–Crippen MR) is 62.6 cm³/mol. The molecule has 0 saturated heterocycles. The van der Waals surface area contributed by atoms with Gasteiger partial charge < -0.3 is 5.73 Å². The number of nitrogens with two attached hydrogens (primary N) is 1. The van der Waals surface area contributed by atoms with Gasteiger partial charge in [-0.25, -0.2) is 9.67 Å². The Morgan fingerprint density at radius 3 is 2.20 bits per heavy atom. The number of thiazole rings is 1. The molecule has 0 aliphatic rings. The quantitative estimate of drug-likeness (QED) is 0.804. The Bertz CT molecular complexity index is 490. The molecule has 0 atom stereocenters. The number of nitrogens with zero attached hydrogens (tertiary/aromatic N) is 3. The predicted octanol–water partition coefficient (Wildman–Crippen LogP) is 2.14. The topological polar surface area (TPSA) is 56.7 Å². The van der Waals surface area contributed by atoms with E-state index in [2.05, 4.69) is 17.0 Å². The second kappa shape index (κ2) is 3.34. The zero-order valence-corrected chi connectivity index (χ0v) is 10.1. The standard InChI is InChI=1S/C10H14N4S/c1-5-8(4)15-10(12-5)14-7(3)9(11)6(2)13-14/h11H2,1-4H3. The van der Waals surface area contributed by atoms with Crippen LogP contribution in [0.5, 0.6) is 0 Å². The molecule has 0 fully saturated rings. The van der Waals surface area contributed by atoms with E-state index in [0.717, 1.165) is 27.9 Å². The lowest BCUT2D eigenvalue weighted by Gasteiger charge is -1.97. The zero-order valence-electron chi connectivity index (χ0n) is 9.33. The Labute approximate surface area is 92.8 Å². The molecule has 0 aliphatic carbocycles. The van der Waals surface area contributed by atoms with Crippen LogP contribution in [0.15, 0.2) is 0 Å². The molecule has 0 radical (unpaired) electrons. The number of aryl methyl sites for hydroxylation is 3. The maximum atomic E-state index is 5.88. The van der Waals surface area contributed by atoms with Gasteiger partial charge in [-0.05, 0) is 27.7 Å². The van der Waals surface area contributed by atoms with Gasteiger partial charge in [-0.15, -0.1) is 0 Å². The molecule has 0 aliphatic heterocycles. The van der Waals surface area contributed by atoms with Crippen LogP contribution < -0.4 is 5.73 Å². The molecular formula is C10H14N4S. The summed E-state index contributed by atoms with van der Waals surface area (Å²) in [5, 5.41) is 5.27. The van der Waals surface area contributed by atoms with Gasteiger partial charge in [0.15, 0.2) is 0 Å². The Balaban J connectivity index is 2.59. The molecule has 0 amide bonds. The van der Waals surface area contributed by atoms with E-state index in [4.69, 9.17) is 5.73 Å². The summed E-state index contributed by atoms with van der Waals surface area (Å²) in [5.74, 6) is 0. The van der Waals surface area contributed by atoms with Crippen molar-refractivity contribution in [2.45, 2.75) is 27.7 Å². The maximum Gasteiger partial charge on any atom is 0.211 e. The van der Waals surface area contributed by atoms with Crippen molar-refractivity contribution in [2.24, 2.45) is 0 Å². The second-order valence-corrected chi connectivity index (χ2v) is 4.82. The smallest absolute Gasteiger partial charge is 0.211 e. The van der Waals surface area contributed by atoms with Crippen molar-refractivity contribution in [1.29, 1.82) is 0 Å². The van der Waals surface area contributed by atoms with E-state index in [1.807, 2.05) is 25.5 Å². The lowest BCUT2D eigenvalue weighted by molar-refractivity contribution is 0.822. The van der Waals surface area contributed by atoms with E-state index in [9.17, 15) is 0 Å². The molecule has 2 aromatic rings. The van der Waals surface area contributed by atoms with Crippen molar-refractivity contribution in [2.75, 3.05) is 5.73 Å². The van der Waals surface area contributed by atoms with Crippen LogP contribution >= 0.6 is 11.3 Å². The first-order valence-electron chi connectivity index (χ1n) is 4.76. The van der Waals surface area contributed by atoms with Gasteiger partial charge in [0.05, 0.1) is 22.8 Å². The highest BCUT2D eigenvalue weighted by Crippen LogP contribution is 2.24. The van der Waals surface area contributed by atoms with Gasteiger partial charge in [-0.1, -0.05) is 11.3 Å². The summed E-state index contributed by atoms with van der Waals surface area (Å²) in [5.41, 5.74) is 9.50. The first-order valence-corrected chi connectivity index (χ1v) is 5.58. The Hall–Kier alpha value is -1.36. The van der Waals surface area contributed by atoms with Crippen LogP contribution in [-0.4, -0.2) is 14.8 Å². The molecule has 2 aromatic heterocycles. The fourth-order valence-electron chi connectivity index (χ4n) is 1.39. The third-order valence-electron chi connectivity index (χ3n) is 2.55. The van der Waals surface area contributed by atoms with Gasteiger partial charge in [-0.3, -0.25) is 0 Å². The van der Waals surface area contributed by atoms with Crippen LogP contribution in [0.2, 0.25) is 0 Å². The van der Waals surface area contributed by atoms with Crippen LogP contribution in [0.25, 0.3) is 5.13 Å². The highest BCUT2D eigenvalue weighted by molar-refractivity contribution is 7.14. The van der Waals surface area contributed by atoms with Gasteiger partial charge in [0.1, 0.15) is 0 Å². The van der Waals surface area contributed by atoms with Gasteiger partial charge in [-0.2, -0.15) is 5.10 Å². The van der Waals surface area contributed by atoms with E-state index in [0.29, 0.717) is 0 Å². The van der Waals surface area contributed by atoms with Crippen LogP contribution in [0.3, 0.4) is 0 Å². The highest BCUT2D eigenvalue weighted by Gasteiger charge is 2.13. The van der Waals surface area contributed by atoms with Crippen LogP contribution in [0.4, 0.5) is 5.69 Å². The van der Waals surface area contributed by atoms with Crippen molar-refractivity contribution in [3.8, 4) is 5.13 Å². The summed E-state index contributed by atoms with van der Waals surface area (Å²) in [6.07, 6.45) is 0. The average molecular weight is 222 g/mol. The summed E-state index contributed by atoms with van der Waals surface area (Å²) in [6.45, 7) is 7.93. The van der Waals surface area contributed by atoms with E-state index in [-0.39, 0.29) is 0 Å². The molecule has 0 aromatic carbocycles. The van der Waals surface area contributed by atoms with Crippen molar-refractivity contribution in [3.05, 3.63) is 22.0 Å². The largest absolute Gasteiger partial charge is 0.396 e. The average Bonchev–Trinajstić information content (AvgIpc) is 2.63. The Morgan fingerprint density at radius 2 is 1.80 bits per heavy atom. The van der Waals surface area contributed by atoms with E-state index < -0.39 is 0 Å². The fraction of sp³-hybridized carbons (Fsp3) is 0.400. The van der Waals surface area contributed by atoms with Gasteiger partial charge in [0, 0.05) is 4.88 Å². The molecule has 2 rings (SSSR count). The van der Waals surface area contributed by atoms with Crippen molar-refractivity contribution < 1.29 is 0 Å². The number of hydrogen-bond donors (Lipinski definition) is 1. The van der Waals surface area contributed by atoms with Crippen molar-refractivity contribution >= 4 is 17.0 Å². The normalized spacial score (nSPS) is 10.9. The van der Waals surface area contributed by atoms with Crippen LogP contribution in [0.1, 0.15) is 22.0 Å². The SMILES string of the molecule is Cc1nc(-n2nc(C)c(N)c2C)sc1C. The summed E-state index contributed by atoms with van der Waals surface area (Å²) in [6, 6.07) is 0. The minimum Gasteiger partial charge on any atom is -0.396 e. The lowest BCUT2D eigenvalue weighted by atomic mass is 10.3. The first-order chi connectivity index (χ1) is 7.00. The number of aromatic nitrogens is 3. The molecule has 5 heteroatoms. The van der Waals surface area contributed by atoms with E-state index in [1.54, 1.807) is 11.3 Å².